The second-order valence-electron chi connectivity index (χ2n) is 4.00. The summed E-state index contributed by atoms with van der Waals surface area (Å²) in [5.74, 6) is 0.00741. The maximum atomic E-state index is 11.8. The summed E-state index contributed by atoms with van der Waals surface area (Å²) in [6, 6.07) is -0.288. The number of hydrogen-bond donors (Lipinski definition) is 1. The predicted molar refractivity (Wildman–Crippen MR) is 61.6 cm³/mol. The number of nitrogens with zero attached hydrogens (tertiary/aromatic N) is 1. The lowest BCUT2D eigenvalue weighted by molar-refractivity contribution is -0.134. The Kier molecular flexibility index (Phi) is 7.34. The Hall–Kier alpha value is -0.610. The molecule has 0 aliphatic heterocycles. The summed E-state index contributed by atoms with van der Waals surface area (Å²) in [5, 5.41) is 0. The fourth-order valence-corrected chi connectivity index (χ4v) is 1.38. The van der Waals surface area contributed by atoms with E-state index in [0.717, 1.165) is 19.3 Å². The molecule has 0 saturated heterocycles. The summed E-state index contributed by atoms with van der Waals surface area (Å²) in [5.41, 5.74) is 5.81. The SMILES string of the molecule is CCCCC(N)C(=O)N(C)C(C)COC. The van der Waals surface area contributed by atoms with Gasteiger partial charge in [0.1, 0.15) is 0 Å². The van der Waals surface area contributed by atoms with E-state index in [2.05, 4.69) is 6.92 Å². The summed E-state index contributed by atoms with van der Waals surface area (Å²) in [7, 11) is 3.41. The normalized spacial score (nSPS) is 14.7. The number of carbonyl (C=O) groups excluding carboxylic acids is 1. The Labute approximate surface area is 92.8 Å². The molecule has 2 unspecified atom stereocenters. The number of unbranched alkanes of at least 4 members (excludes halogenated alkanes) is 1. The molecule has 0 fully saturated rings. The highest BCUT2D eigenvalue weighted by Gasteiger charge is 2.21. The van der Waals surface area contributed by atoms with Gasteiger partial charge in [-0.25, -0.2) is 0 Å². The van der Waals surface area contributed by atoms with Gasteiger partial charge in [0.05, 0.1) is 18.7 Å². The third-order valence-electron chi connectivity index (χ3n) is 2.60. The number of nitrogens with two attached hydrogens (primary N) is 1. The molecule has 0 aromatic rings. The van der Waals surface area contributed by atoms with Crippen molar-refractivity contribution in [1.82, 2.24) is 4.90 Å². The molecule has 0 heterocycles. The van der Waals surface area contributed by atoms with Crippen molar-refractivity contribution in [1.29, 1.82) is 0 Å². The van der Waals surface area contributed by atoms with Gasteiger partial charge < -0.3 is 15.4 Å². The van der Waals surface area contributed by atoms with Gasteiger partial charge in [-0.05, 0) is 13.3 Å². The Morgan fingerprint density at radius 3 is 2.60 bits per heavy atom. The average Bonchev–Trinajstić information content (AvgIpc) is 2.24. The van der Waals surface area contributed by atoms with Crippen LogP contribution in [0.1, 0.15) is 33.1 Å². The molecule has 2 atom stereocenters. The van der Waals surface area contributed by atoms with E-state index in [1.165, 1.54) is 0 Å². The van der Waals surface area contributed by atoms with Gasteiger partial charge in [0, 0.05) is 14.2 Å². The molecule has 0 aliphatic carbocycles. The zero-order valence-corrected chi connectivity index (χ0v) is 10.3. The molecule has 2 N–H and O–H groups in total. The van der Waals surface area contributed by atoms with Gasteiger partial charge in [-0.15, -0.1) is 0 Å². The Morgan fingerprint density at radius 1 is 1.53 bits per heavy atom. The van der Waals surface area contributed by atoms with Crippen LogP contribution in [0.15, 0.2) is 0 Å². The third-order valence-corrected chi connectivity index (χ3v) is 2.60. The summed E-state index contributed by atoms with van der Waals surface area (Å²) in [6.07, 6.45) is 2.83. The summed E-state index contributed by atoms with van der Waals surface area (Å²) in [6.45, 7) is 4.59. The predicted octanol–water partition coefficient (Wildman–Crippen LogP) is 0.997. The molecule has 0 rings (SSSR count). The number of likely N-dealkylation sites (N-methyl/N-ethyl adjacent to an activating group) is 1. The van der Waals surface area contributed by atoms with Crippen LogP contribution in [0.3, 0.4) is 0 Å². The van der Waals surface area contributed by atoms with Gasteiger partial charge in [-0.3, -0.25) is 4.79 Å². The number of hydrogen-bond acceptors (Lipinski definition) is 3. The second kappa shape index (κ2) is 7.65. The largest absolute Gasteiger partial charge is 0.383 e. The van der Waals surface area contributed by atoms with Crippen molar-refractivity contribution in [2.45, 2.75) is 45.2 Å². The van der Waals surface area contributed by atoms with Crippen LogP contribution in [0.5, 0.6) is 0 Å². The Balaban J connectivity index is 4.05. The van der Waals surface area contributed by atoms with Crippen molar-refractivity contribution in [3.8, 4) is 0 Å². The summed E-state index contributed by atoms with van der Waals surface area (Å²) in [4.78, 5) is 13.5. The molecule has 90 valence electrons. The fourth-order valence-electron chi connectivity index (χ4n) is 1.38. The number of ether oxygens (including phenoxy) is 1. The van der Waals surface area contributed by atoms with Crippen molar-refractivity contribution in [3.63, 3.8) is 0 Å². The second-order valence-corrected chi connectivity index (χ2v) is 4.00. The van der Waals surface area contributed by atoms with Crippen LogP contribution in [0, 0.1) is 0 Å². The van der Waals surface area contributed by atoms with Crippen LogP contribution in [0.4, 0.5) is 0 Å². The number of carbonyl (C=O) groups is 1. The van der Waals surface area contributed by atoms with Crippen LogP contribution in [0.25, 0.3) is 0 Å². The van der Waals surface area contributed by atoms with Crippen LogP contribution >= 0.6 is 0 Å². The van der Waals surface area contributed by atoms with Crippen molar-refractivity contribution in [2.75, 3.05) is 20.8 Å². The molecule has 0 aromatic carbocycles. The molecule has 4 nitrogen and oxygen atoms in total. The van der Waals surface area contributed by atoms with Crippen molar-refractivity contribution < 1.29 is 9.53 Å². The maximum absolute atomic E-state index is 11.8. The molecule has 0 spiro atoms. The zero-order chi connectivity index (χ0) is 11.8. The standard InChI is InChI=1S/C11H24N2O2/c1-5-6-7-10(12)11(14)13(3)9(2)8-15-4/h9-10H,5-8,12H2,1-4H3. The maximum Gasteiger partial charge on any atom is 0.239 e. The van der Waals surface area contributed by atoms with Gasteiger partial charge in [0.2, 0.25) is 5.91 Å². The number of methoxy groups -OCH3 is 1. The highest BCUT2D eigenvalue weighted by atomic mass is 16.5. The van der Waals surface area contributed by atoms with Crippen LogP contribution < -0.4 is 5.73 Å². The monoisotopic (exact) mass is 216 g/mol. The van der Waals surface area contributed by atoms with Gasteiger partial charge >= 0.3 is 0 Å². The molecular weight excluding hydrogens is 192 g/mol. The Bertz CT molecular complexity index is 185. The minimum atomic E-state index is -0.366. The smallest absolute Gasteiger partial charge is 0.239 e. The lowest BCUT2D eigenvalue weighted by atomic mass is 10.1. The minimum absolute atomic E-state index is 0.00741. The molecule has 1 amide bonds. The van der Waals surface area contributed by atoms with E-state index < -0.39 is 0 Å². The van der Waals surface area contributed by atoms with Gasteiger partial charge in [-0.2, -0.15) is 0 Å². The first-order valence-electron chi connectivity index (χ1n) is 5.55. The molecule has 15 heavy (non-hydrogen) atoms. The van der Waals surface area contributed by atoms with Crippen LogP contribution in [-0.4, -0.2) is 43.7 Å². The topological polar surface area (TPSA) is 55.6 Å². The van der Waals surface area contributed by atoms with E-state index >= 15 is 0 Å². The van der Waals surface area contributed by atoms with E-state index in [9.17, 15) is 4.79 Å². The van der Waals surface area contributed by atoms with Crippen LogP contribution in [-0.2, 0) is 9.53 Å². The first kappa shape index (κ1) is 14.4. The quantitative estimate of drug-likeness (QED) is 0.690. The molecule has 0 aliphatic rings. The first-order valence-corrected chi connectivity index (χ1v) is 5.55. The molecular formula is C11H24N2O2. The minimum Gasteiger partial charge on any atom is -0.383 e. The molecule has 0 bridgehead atoms. The van der Waals surface area contributed by atoms with E-state index in [4.69, 9.17) is 10.5 Å². The lowest BCUT2D eigenvalue weighted by Crippen LogP contribution is -2.46. The zero-order valence-electron chi connectivity index (χ0n) is 10.3. The third kappa shape index (κ3) is 5.14. The van der Waals surface area contributed by atoms with E-state index in [1.54, 1.807) is 19.1 Å². The van der Waals surface area contributed by atoms with Gasteiger partial charge in [-0.1, -0.05) is 19.8 Å². The fraction of sp³-hybridized carbons (Fsp3) is 0.909. The van der Waals surface area contributed by atoms with E-state index in [0.29, 0.717) is 6.61 Å². The summed E-state index contributed by atoms with van der Waals surface area (Å²) >= 11 is 0. The van der Waals surface area contributed by atoms with Gasteiger partial charge in [0.25, 0.3) is 0 Å². The highest BCUT2D eigenvalue weighted by Crippen LogP contribution is 2.04. The molecule has 0 aromatic heterocycles. The lowest BCUT2D eigenvalue weighted by Gasteiger charge is -2.27. The Morgan fingerprint density at radius 2 is 2.13 bits per heavy atom. The highest BCUT2D eigenvalue weighted by molar-refractivity contribution is 5.81. The van der Waals surface area contributed by atoms with Crippen molar-refractivity contribution in [2.24, 2.45) is 5.73 Å². The van der Waals surface area contributed by atoms with E-state index in [-0.39, 0.29) is 18.0 Å². The number of rotatable bonds is 7. The molecule has 4 heteroatoms. The van der Waals surface area contributed by atoms with Gasteiger partial charge in [0.15, 0.2) is 0 Å². The van der Waals surface area contributed by atoms with E-state index in [1.807, 2.05) is 6.92 Å². The van der Waals surface area contributed by atoms with Crippen molar-refractivity contribution in [3.05, 3.63) is 0 Å². The van der Waals surface area contributed by atoms with Crippen molar-refractivity contribution >= 4 is 5.91 Å². The van der Waals surface area contributed by atoms with Crippen LogP contribution in [0.2, 0.25) is 0 Å². The average molecular weight is 216 g/mol. The first-order chi connectivity index (χ1) is 7.04. The number of amides is 1. The molecule has 0 saturated carbocycles. The summed E-state index contributed by atoms with van der Waals surface area (Å²) < 4.78 is 5.00. The molecule has 0 radical (unpaired) electrons.